The van der Waals surface area contributed by atoms with Gasteiger partial charge in [0.25, 0.3) is 0 Å². The van der Waals surface area contributed by atoms with Gasteiger partial charge < -0.3 is 5.32 Å². The highest BCUT2D eigenvalue weighted by Crippen LogP contribution is 2.50. The van der Waals surface area contributed by atoms with Gasteiger partial charge in [0.05, 0.1) is 0 Å². The molecule has 0 aromatic carbocycles. The van der Waals surface area contributed by atoms with Gasteiger partial charge >= 0.3 is 0 Å². The molecule has 0 saturated heterocycles. The molecule has 0 aromatic heterocycles. The lowest BCUT2D eigenvalue weighted by atomic mass is 9.80. The summed E-state index contributed by atoms with van der Waals surface area (Å²) >= 11 is 0. The molecule has 2 aliphatic carbocycles. The van der Waals surface area contributed by atoms with Crippen molar-refractivity contribution in [3.05, 3.63) is 12.2 Å². The van der Waals surface area contributed by atoms with Gasteiger partial charge in [0.15, 0.2) is 0 Å². The van der Waals surface area contributed by atoms with Crippen molar-refractivity contribution < 1.29 is 0 Å². The van der Waals surface area contributed by atoms with E-state index >= 15 is 0 Å². The second-order valence-corrected chi connectivity index (χ2v) is 6.21. The predicted octanol–water partition coefficient (Wildman–Crippen LogP) is 4.15. The van der Waals surface area contributed by atoms with E-state index in [-0.39, 0.29) is 0 Å². The third-order valence-corrected chi connectivity index (χ3v) is 4.97. The van der Waals surface area contributed by atoms with Gasteiger partial charge in [-0.1, -0.05) is 32.4 Å². The Labute approximate surface area is 107 Å². The van der Waals surface area contributed by atoms with E-state index in [1.54, 1.807) is 0 Å². The summed E-state index contributed by atoms with van der Waals surface area (Å²) in [7, 11) is 0. The summed E-state index contributed by atoms with van der Waals surface area (Å²) in [6, 6.07) is 0.720. The first kappa shape index (κ1) is 13.1. The van der Waals surface area contributed by atoms with Gasteiger partial charge in [-0.05, 0) is 62.8 Å². The van der Waals surface area contributed by atoms with Crippen molar-refractivity contribution in [2.75, 3.05) is 6.54 Å². The van der Waals surface area contributed by atoms with Crippen LogP contribution in [0.3, 0.4) is 0 Å². The van der Waals surface area contributed by atoms with Gasteiger partial charge in [0.2, 0.25) is 0 Å². The van der Waals surface area contributed by atoms with Crippen molar-refractivity contribution in [2.24, 2.45) is 17.8 Å². The fourth-order valence-electron chi connectivity index (χ4n) is 3.95. The van der Waals surface area contributed by atoms with Gasteiger partial charge in [-0.3, -0.25) is 0 Å². The van der Waals surface area contributed by atoms with Crippen molar-refractivity contribution in [3.63, 3.8) is 0 Å². The summed E-state index contributed by atoms with van der Waals surface area (Å²) in [6.07, 6.45) is 9.62. The summed E-state index contributed by atoms with van der Waals surface area (Å²) in [5.74, 6) is 3.04. The zero-order valence-corrected chi connectivity index (χ0v) is 11.7. The monoisotopic (exact) mass is 235 g/mol. The minimum absolute atomic E-state index is 0.720. The van der Waals surface area contributed by atoms with Crippen LogP contribution in [0.1, 0.15) is 58.8 Å². The van der Waals surface area contributed by atoms with Crippen molar-refractivity contribution in [1.29, 1.82) is 0 Å². The molecule has 2 aliphatic rings. The maximum Gasteiger partial charge on any atom is 0.0135 e. The molecule has 2 rings (SSSR count). The summed E-state index contributed by atoms with van der Waals surface area (Å²) in [4.78, 5) is 0. The van der Waals surface area contributed by atoms with Crippen LogP contribution >= 0.6 is 0 Å². The van der Waals surface area contributed by atoms with E-state index in [9.17, 15) is 0 Å². The number of hydrogen-bond acceptors (Lipinski definition) is 1. The van der Waals surface area contributed by atoms with Gasteiger partial charge in [0, 0.05) is 6.04 Å². The van der Waals surface area contributed by atoms with E-state index < -0.39 is 0 Å². The third kappa shape index (κ3) is 3.13. The Kier molecular flexibility index (Phi) is 4.67. The standard InChI is InChI=1S/C16H29N/c1-4-8-17-16(9-12(3)5-2)15-11-13-6-7-14(15)10-13/h13-17H,3-11H2,1-2H3. The molecule has 0 spiro atoms. The van der Waals surface area contributed by atoms with Crippen LogP contribution in [-0.2, 0) is 0 Å². The molecule has 17 heavy (non-hydrogen) atoms. The average molecular weight is 235 g/mol. The van der Waals surface area contributed by atoms with E-state index in [0.717, 1.165) is 30.2 Å². The Balaban J connectivity index is 1.92. The van der Waals surface area contributed by atoms with Crippen LogP contribution in [0.2, 0.25) is 0 Å². The van der Waals surface area contributed by atoms with Gasteiger partial charge in [0.1, 0.15) is 0 Å². The lowest BCUT2D eigenvalue weighted by Crippen LogP contribution is -2.39. The quantitative estimate of drug-likeness (QED) is 0.654. The smallest absolute Gasteiger partial charge is 0.0135 e. The molecule has 0 aliphatic heterocycles. The molecule has 2 bridgehead atoms. The molecule has 2 saturated carbocycles. The van der Waals surface area contributed by atoms with Gasteiger partial charge in [-0.2, -0.15) is 0 Å². The average Bonchev–Trinajstić information content (AvgIpc) is 2.96. The lowest BCUT2D eigenvalue weighted by Gasteiger charge is -2.32. The number of hydrogen-bond donors (Lipinski definition) is 1. The molecule has 2 fully saturated rings. The van der Waals surface area contributed by atoms with E-state index in [4.69, 9.17) is 0 Å². The van der Waals surface area contributed by atoms with Crippen LogP contribution in [0.25, 0.3) is 0 Å². The first-order valence-electron chi connectivity index (χ1n) is 7.64. The number of nitrogens with one attached hydrogen (secondary N) is 1. The Hall–Kier alpha value is -0.300. The van der Waals surface area contributed by atoms with E-state index in [1.165, 1.54) is 50.6 Å². The molecule has 1 N–H and O–H groups in total. The van der Waals surface area contributed by atoms with Crippen molar-refractivity contribution in [3.8, 4) is 0 Å². The van der Waals surface area contributed by atoms with E-state index in [1.807, 2.05) is 0 Å². The second-order valence-electron chi connectivity index (χ2n) is 6.21. The molecule has 98 valence electrons. The Morgan fingerprint density at radius 3 is 2.65 bits per heavy atom. The lowest BCUT2D eigenvalue weighted by molar-refractivity contribution is 0.246. The van der Waals surface area contributed by atoms with Gasteiger partial charge in [-0.25, -0.2) is 0 Å². The fraction of sp³-hybridized carbons (Fsp3) is 0.875. The summed E-state index contributed by atoms with van der Waals surface area (Å²) in [6.45, 7) is 9.89. The zero-order valence-electron chi connectivity index (χ0n) is 11.7. The largest absolute Gasteiger partial charge is 0.313 e. The maximum absolute atomic E-state index is 4.21. The van der Waals surface area contributed by atoms with Crippen LogP contribution in [-0.4, -0.2) is 12.6 Å². The first-order chi connectivity index (χ1) is 8.24. The molecule has 1 heteroatoms. The number of rotatable bonds is 7. The summed E-state index contributed by atoms with van der Waals surface area (Å²) < 4.78 is 0. The van der Waals surface area contributed by atoms with Crippen LogP contribution < -0.4 is 5.32 Å². The molecular weight excluding hydrogens is 206 g/mol. The Morgan fingerprint density at radius 1 is 1.29 bits per heavy atom. The van der Waals surface area contributed by atoms with Crippen LogP contribution in [0.5, 0.6) is 0 Å². The topological polar surface area (TPSA) is 12.0 Å². The zero-order chi connectivity index (χ0) is 12.3. The third-order valence-electron chi connectivity index (χ3n) is 4.97. The number of fused-ring (bicyclic) bond motifs is 2. The SMILES string of the molecule is C=C(CC)CC(NCCC)C1CC2CCC1C2. The molecule has 1 nitrogen and oxygen atoms in total. The van der Waals surface area contributed by atoms with Crippen molar-refractivity contribution in [1.82, 2.24) is 5.32 Å². The highest BCUT2D eigenvalue weighted by Gasteiger charge is 2.42. The maximum atomic E-state index is 4.21. The first-order valence-corrected chi connectivity index (χ1v) is 7.64. The molecule has 0 heterocycles. The summed E-state index contributed by atoms with van der Waals surface area (Å²) in [5, 5.41) is 3.80. The predicted molar refractivity (Wildman–Crippen MR) is 75.1 cm³/mol. The van der Waals surface area contributed by atoms with Gasteiger partial charge in [-0.15, -0.1) is 0 Å². The second kappa shape index (κ2) is 6.04. The normalized spacial score (nSPS) is 32.9. The van der Waals surface area contributed by atoms with Crippen molar-refractivity contribution in [2.45, 2.75) is 64.8 Å². The summed E-state index contributed by atoms with van der Waals surface area (Å²) in [5.41, 5.74) is 1.43. The minimum atomic E-state index is 0.720. The van der Waals surface area contributed by atoms with Crippen LogP contribution in [0.15, 0.2) is 12.2 Å². The molecule has 4 unspecified atom stereocenters. The fourth-order valence-corrected chi connectivity index (χ4v) is 3.95. The minimum Gasteiger partial charge on any atom is -0.313 e. The highest BCUT2D eigenvalue weighted by atomic mass is 14.9. The van der Waals surface area contributed by atoms with Crippen LogP contribution in [0, 0.1) is 17.8 Å². The molecule has 0 radical (unpaired) electrons. The molecule has 0 amide bonds. The highest BCUT2D eigenvalue weighted by molar-refractivity contribution is 5.02. The molecular formula is C16H29N. The van der Waals surface area contributed by atoms with Crippen LogP contribution in [0.4, 0.5) is 0 Å². The Bertz CT molecular complexity index is 258. The Morgan fingerprint density at radius 2 is 2.12 bits per heavy atom. The molecule has 4 atom stereocenters. The van der Waals surface area contributed by atoms with E-state index in [0.29, 0.717) is 0 Å². The van der Waals surface area contributed by atoms with Crippen molar-refractivity contribution >= 4 is 0 Å². The van der Waals surface area contributed by atoms with E-state index in [2.05, 4.69) is 25.7 Å². The molecule has 0 aromatic rings.